The zero-order chi connectivity index (χ0) is 16.8. The van der Waals surface area contributed by atoms with Crippen LogP contribution in [0.25, 0.3) is 0 Å². The van der Waals surface area contributed by atoms with E-state index < -0.39 is 15.7 Å². The van der Waals surface area contributed by atoms with Crippen LogP contribution < -0.4 is 0 Å². The Morgan fingerprint density at radius 3 is 2.55 bits per heavy atom. The van der Waals surface area contributed by atoms with Gasteiger partial charge in [-0.25, -0.2) is 4.79 Å². The third kappa shape index (κ3) is 8.58. The van der Waals surface area contributed by atoms with E-state index in [1.807, 2.05) is 20.8 Å². The van der Waals surface area contributed by atoms with Crippen molar-refractivity contribution in [3.05, 3.63) is 0 Å². The monoisotopic (exact) mass is 335 g/mol. The molecule has 0 radical (unpaired) electrons. The number of ether oxygens (including phenoxy) is 1. The van der Waals surface area contributed by atoms with E-state index in [1.165, 1.54) is 0 Å². The molecule has 7 heteroatoms. The Morgan fingerprint density at radius 2 is 1.95 bits per heavy atom. The van der Waals surface area contributed by atoms with Gasteiger partial charge in [0.05, 0.1) is 12.9 Å². The molecule has 130 valence electrons. The van der Waals surface area contributed by atoms with Crippen molar-refractivity contribution in [2.75, 3.05) is 26.0 Å². The summed E-state index contributed by atoms with van der Waals surface area (Å²) in [7, 11) is -3.34. The van der Waals surface area contributed by atoms with E-state index in [1.54, 1.807) is 4.90 Å². The summed E-state index contributed by atoms with van der Waals surface area (Å²) >= 11 is 0. The lowest BCUT2D eigenvalue weighted by Gasteiger charge is -2.34. The molecule has 0 aromatic rings. The molecule has 0 N–H and O–H groups in total. The highest BCUT2D eigenvalue weighted by Gasteiger charge is 2.27. The van der Waals surface area contributed by atoms with Crippen LogP contribution in [0.2, 0.25) is 0 Å². The van der Waals surface area contributed by atoms with Gasteiger partial charge in [0.25, 0.3) is 10.1 Å². The van der Waals surface area contributed by atoms with Gasteiger partial charge >= 0.3 is 6.09 Å². The number of piperidine rings is 1. The number of amides is 1. The number of carbonyl (C=O) groups excluding carboxylic acids is 1. The lowest BCUT2D eigenvalue weighted by Crippen LogP contribution is -2.42. The Hall–Kier alpha value is -0.820. The third-order valence-corrected chi connectivity index (χ3v) is 4.07. The van der Waals surface area contributed by atoms with Gasteiger partial charge in [0.1, 0.15) is 5.60 Å². The largest absolute Gasteiger partial charge is 0.444 e. The summed E-state index contributed by atoms with van der Waals surface area (Å²) in [6.45, 7) is 7.32. The van der Waals surface area contributed by atoms with Gasteiger partial charge in [-0.2, -0.15) is 8.42 Å². The number of unbranched alkanes of at least 4 members (excludes halogenated alkanes) is 1. The van der Waals surface area contributed by atoms with E-state index in [4.69, 9.17) is 8.92 Å². The third-order valence-electron chi connectivity index (χ3n) is 3.47. The van der Waals surface area contributed by atoms with E-state index >= 15 is 0 Å². The van der Waals surface area contributed by atoms with Crippen molar-refractivity contribution in [3.63, 3.8) is 0 Å². The molecule has 1 aliphatic rings. The van der Waals surface area contributed by atoms with E-state index in [0.29, 0.717) is 5.92 Å². The molecule has 1 rings (SSSR count). The molecule has 0 bridgehead atoms. The molecular formula is C15H29NO5S. The van der Waals surface area contributed by atoms with Gasteiger partial charge in [0.15, 0.2) is 0 Å². The van der Waals surface area contributed by atoms with Crippen molar-refractivity contribution in [2.45, 2.75) is 58.5 Å². The van der Waals surface area contributed by atoms with Crippen molar-refractivity contribution in [2.24, 2.45) is 5.92 Å². The zero-order valence-corrected chi connectivity index (χ0v) is 14.9. The van der Waals surface area contributed by atoms with Crippen molar-refractivity contribution < 1.29 is 22.1 Å². The molecular weight excluding hydrogens is 306 g/mol. The number of hydrogen-bond acceptors (Lipinski definition) is 5. The Morgan fingerprint density at radius 1 is 1.27 bits per heavy atom. The minimum atomic E-state index is -3.34. The normalized spacial score (nSPS) is 20.0. The Bertz CT molecular complexity index is 455. The van der Waals surface area contributed by atoms with Crippen LogP contribution in [0.1, 0.15) is 52.9 Å². The first-order chi connectivity index (χ1) is 10.1. The van der Waals surface area contributed by atoms with E-state index in [2.05, 4.69) is 0 Å². The van der Waals surface area contributed by atoms with Crippen LogP contribution in [-0.2, 0) is 19.0 Å². The number of likely N-dealkylation sites (tertiary alicyclic amines) is 1. The molecule has 1 heterocycles. The first-order valence-corrected chi connectivity index (χ1v) is 9.71. The van der Waals surface area contributed by atoms with Crippen LogP contribution in [-0.4, -0.2) is 51.0 Å². The van der Waals surface area contributed by atoms with Crippen LogP contribution in [0.5, 0.6) is 0 Å². The second kappa shape index (κ2) is 8.15. The van der Waals surface area contributed by atoms with Gasteiger partial charge in [0.2, 0.25) is 0 Å². The maximum Gasteiger partial charge on any atom is 0.410 e. The second-order valence-electron chi connectivity index (χ2n) is 6.96. The van der Waals surface area contributed by atoms with Crippen LogP contribution in [0.15, 0.2) is 0 Å². The topological polar surface area (TPSA) is 72.9 Å². The minimum absolute atomic E-state index is 0.237. The first-order valence-electron chi connectivity index (χ1n) is 7.89. The summed E-state index contributed by atoms with van der Waals surface area (Å²) in [5, 5.41) is 0. The molecule has 22 heavy (non-hydrogen) atoms. The van der Waals surface area contributed by atoms with Gasteiger partial charge in [0, 0.05) is 13.1 Å². The standard InChI is InChI=1S/C15H29NO5S/c1-15(2,3)21-14(17)16-10-7-9-13(12-16)8-5-6-11-20-22(4,18)19/h13H,5-12H2,1-4H3. The Balaban J connectivity index is 2.27. The van der Waals surface area contributed by atoms with Gasteiger partial charge in [-0.05, 0) is 52.4 Å². The summed E-state index contributed by atoms with van der Waals surface area (Å²) in [5.41, 5.74) is -0.465. The average molecular weight is 335 g/mol. The first kappa shape index (κ1) is 19.2. The van der Waals surface area contributed by atoms with Crippen molar-refractivity contribution in [1.82, 2.24) is 4.90 Å². The molecule has 1 fully saturated rings. The summed E-state index contributed by atoms with van der Waals surface area (Å²) < 4.78 is 31.8. The zero-order valence-electron chi connectivity index (χ0n) is 14.1. The number of carbonyl (C=O) groups is 1. The van der Waals surface area contributed by atoms with E-state index in [9.17, 15) is 13.2 Å². The van der Waals surface area contributed by atoms with Crippen LogP contribution in [0.3, 0.4) is 0 Å². The molecule has 0 aromatic carbocycles. The number of rotatable bonds is 6. The van der Waals surface area contributed by atoms with E-state index in [-0.39, 0.29) is 12.7 Å². The quantitative estimate of drug-likeness (QED) is 0.551. The molecule has 1 saturated heterocycles. The molecule has 1 aliphatic heterocycles. The Kier molecular flexibility index (Phi) is 7.12. The van der Waals surface area contributed by atoms with E-state index in [0.717, 1.165) is 51.4 Å². The highest BCUT2D eigenvalue weighted by atomic mass is 32.2. The molecule has 0 aliphatic carbocycles. The minimum Gasteiger partial charge on any atom is -0.444 e. The van der Waals surface area contributed by atoms with Crippen molar-refractivity contribution in [1.29, 1.82) is 0 Å². The fourth-order valence-corrected chi connectivity index (χ4v) is 2.96. The second-order valence-corrected chi connectivity index (χ2v) is 8.60. The molecule has 6 nitrogen and oxygen atoms in total. The fourth-order valence-electron chi connectivity index (χ4n) is 2.54. The summed E-state index contributed by atoms with van der Waals surface area (Å²) in [4.78, 5) is 13.8. The molecule has 0 saturated carbocycles. The van der Waals surface area contributed by atoms with Gasteiger partial charge in [-0.1, -0.05) is 6.42 Å². The molecule has 1 unspecified atom stereocenters. The molecule has 0 spiro atoms. The summed E-state index contributed by atoms with van der Waals surface area (Å²) in [5.74, 6) is 0.458. The van der Waals surface area contributed by atoms with Gasteiger partial charge in [-0.3, -0.25) is 4.18 Å². The van der Waals surface area contributed by atoms with Crippen LogP contribution >= 0.6 is 0 Å². The highest BCUT2D eigenvalue weighted by Crippen LogP contribution is 2.23. The lowest BCUT2D eigenvalue weighted by atomic mass is 9.93. The fraction of sp³-hybridized carbons (Fsp3) is 0.933. The van der Waals surface area contributed by atoms with Gasteiger partial charge < -0.3 is 9.64 Å². The average Bonchev–Trinajstić information content (AvgIpc) is 2.35. The van der Waals surface area contributed by atoms with Crippen LogP contribution in [0.4, 0.5) is 4.79 Å². The smallest absolute Gasteiger partial charge is 0.410 e. The maximum absolute atomic E-state index is 12.1. The molecule has 1 amide bonds. The summed E-state index contributed by atoms with van der Waals surface area (Å²) in [6, 6.07) is 0. The Labute approximate surface area is 134 Å². The van der Waals surface area contributed by atoms with Crippen LogP contribution in [0, 0.1) is 5.92 Å². The summed E-state index contributed by atoms with van der Waals surface area (Å²) in [6.07, 6.45) is 5.52. The van der Waals surface area contributed by atoms with Gasteiger partial charge in [-0.15, -0.1) is 0 Å². The lowest BCUT2D eigenvalue weighted by molar-refractivity contribution is 0.0160. The van der Waals surface area contributed by atoms with Crippen molar-refractivity contribution >= 4 is 16.2 Å². The predicted molar refractivity (Wildman–Crippen MR) is 85.2 cm³/mol. The molecule has 1 atom stereocenters. The maximum atomic E-state index is 12.1. The predicted octanol–water partition coefficient (Wildman–Crippen LogP) is 2.78. The van der Waals surface area contributed by atoms with Crippen molar-refractivity contribution in [3.8, 4) is 0 Å². The number of nitrogens with zero attached hydrogens (tertiary/aromatic N) is 1. The molecule has 0 aromatic heterocycles. The number of hydrogen-bond donors (Lipinski definition) is 0. The highest BCUT2D eigenvalue weighted by molar-refractivity contribution is 7.85. The SMILES string of the molecule is CC(C)(C)OC(=O)N1CCCC(CCCCOS(C)(=O)=O)C1.